The lowest BCUT2D eigenvalue weighted by atomic mass is 10.1. The van der Waals surface area contributed by atoms with Gasteiger partial charge in [-0.25, -0.2) is 4.98 Å². The summed E-state index contributed by atoms with van der Waals surface area (Å²) in [6.45, 7) is 0.443. The van der Waals surface area contributed by atoms with E-state index in [9.17, 15) is 0 Å². The summed E-state index contributed by atoms with van der Waals surface area (Å²) in [4.78, 5) is 7.03. The highest BCUT2D eigenvalue weighted by molar-refractivity contribution is 5.68. The van der Waals surface area contributed by atoms with Crippen LogP contribution in [0.2, 0.25) is 0 Å². The van der Waals surface area contributed by atoms with Gasteiger partial charge < -0.3 is 9.72 Å². The average molecular weight is 240 g/mol. The number of benzene rings is 1. The van der Waals surface area contributed by atoms with Crippen molar-refractivity contribution in [2.24, 2.45) is 0 Å². The number of aromatic amines is 2. The molecule has 0 radical (unpaired) electrons. The molecule has 3 rings (SSSR count). The zero-order chi connectivity index (χ0) is 12.2. The van der Waals surface area contributed by atoms with Crippen LogP contribution in [0.15, 0.2) is 49.2 Å². The Morgan fingerprint density at radius 1 is 1.17 bits per heavy atom. The average Bonchev–Trinajstić information content (AvgIpc) is 3.10. The zero-order valence-corrected chi connectivity index (χ0v) is 9.63. The molecule has 0 bridgehead atoms. The van der Waals surface area contributed by atoms with Gasteiger partial charge in [-0.15, -0.1) is 0 Å². The van der Waals surface area contributed by atoms with Crippen LogP contribution in [0.4, 0.5) is 0 Å². The summed E-state index contributed by atoms with van der Waals surface area (Å²) in [5.41, 5.74) is 2.89. The van der Waals surface area contributed by atoms with Crippen LogP contribution in [0.1, 0.15) is 5.69 Å². The molecular formula is C13H12N4O. The molecule has 0 aliphatic carbocycles. The van der Waals surface area contributed by atoms with E-state index >= 15 is 0 Å². The van der Waals surface area contributed by atoms with Crippen LogP contribution in [-0.4, -0.2) is 20.2 Å². The lowest BCUT2D eigenvalue weighted by molar-refractivity contribution is 0.303. The molecule has 0 saturated heterocycles. The highest BCUT2D eigenvalue weighted by atomic mass is 16.5. The minimum Gasteiger partial charge on any atom is -0.487 e. The Bertz CT molecular complexity index is 602. The number of aromatic nitrogens is 4. The summed E-state index contributed by atoms with van der Waals surface area (Å²) in [5, 5.41) is 6.75. The molecule has 3 aromatic rings. The molecule has 0 saturated carbocycles. The lowest BCUT2D eigenvalue weighted by Crippen LogP contribution is -1.96. The minimum atomic E-state index is 0.443. The normalized spacial score (nSPS) is 10.4. The van der Waals surface area contributed by atoms with Crippen LogP contribution in [0.25, 0.3) is 11.1 Å². The summed E-state index contributed by atoms with van der Waals surface area (Å²) < 4.78 is 5.78. The summed E-state index contributed by atoms with van der Waals surface area (Å²) in [6.07, 6.45) is 7.08. The summed E-state index contributed by atoms with van der Waals surface area (Å²) in [7, 11) is 0. The van der Waals surface area contributed by atoms with E-state index in [4.69, 9.17) is 4.74 Å². The summed E-state index contributed by atoms with van der Waals surface area (Å²) >= 11 is 0. The monoisotopic (exact) mass is 240 g/mol. The fraction of sp³-hybridized carbons (Fsp3) is 0.0769. The van der Waals surface area contributed by atoms with E-state index in [0.29, 0.717) is 6.61 Å². The Hall–Kier alpha value is -2.56. The van der Waals surface area contributed by atoms with Gasteiger partial charge in [-0.1, -0.05) is 18.2 Å². The molecule has 90 valence electrons. The van der Waals surface area contributed by atoms with Crippen molar-refractivity contribution in [1.82, 2.24) is 20.2 Å². The molecule has 0 aliphatic heterocycles. The maximum absolute atomic E-state index is 5.78. The minimum absolute atomic E-state index is 0.443. The SMILES string of the molecule is c1ccc(-c2cn[nH]c2)c(OCc2c[nH]cn2)c1. The number of nitrogens with one attached hydrogen (secondary N) is 2. The molecule has 2 N–H and O–H groups in total. The largest absolute Gasteiger partial charge is 0.487 e. The second-order valence-corrected chi connectivity index (χ2v) is 3.83. The van der Waals surface area contributed by atoms with Gasteiger partial charge >= 0.3 is 0 Å². The quantitative estimate of drug-likeness (QED) is 0.735. The number of ether oxygens (including phenoxy) is 1. The van der Waals surface area contributed by atoms with Crippen LogP contribution in [-0.2, 0) is 6.61 Å². The van der Waals surface area contributed by atoms with Gasteiger partial charge in [0.25, 0.3) is 0 Å². The maximum atomic E-state index is 5.78. The molecule has 0 spiro atoms. The van der Waals surface area contributed by atoms with Crippen LogP contribution in [0, 0.1) is 0 Å². The molecule has 2 heterocycles. The highest BCUT2D eigenvalue weighted by Gasteiger charge is 2.07. The first-order valence-electron chi connectivity index (χ1n) is 5.62. The van der Waals surface area contributed by atoms with Gasteiger partial charge in [0.15, 0.2) is 0 Å². The van der Waals surface area contributed by atoms with Gasteiger partial charge in [-0.3, -0.25) is 5.10 Å². The van der Waals surface area contributed by atoms with Gasteiger partial charge in [0.1, 0.15) is 12.4 Å². The number of hydrogen-bond acceptors (Lipinski definition) is 3. The van der Waals surface area contributed by atoms with Gasteiger partial charge in [0.2, 0.25) is 0 Å². The van der Waals surface area contributed by atoms with E-state index in [-0.39, 0.29) is 0 Å². The molecule has 0 amide bonds. The number of para-hydroxylation sites is 1. The Kier molecular flexibility index (Phi) is 2.79. The van der Waals surface area contributed by atoms with Crippen molar-refractivity contribution in [2.75, 3.05) is 0 Å². The van der Waals surface area contributed by atoms with E-state index in [0.717, 1.165) is 22.6 Å². The molecule has 0 aliphatic rings. The van der Waals surface area contributed by atoms with Crippen molar-refractivity contribution in [3.8, 4) is 16.9 Å². The highest BCUT2D eigenvalue weighted by Crippen LogP contribution is 2.29. The number of imidazole rings is 1. The Morgan fingerprint density at radius 3 is 2.89 bits per heavy atom. The van der Waals surface area contributed by atoms with E-state index in [1.165, 1.54) is 0 Å². The third kappa shape index (κ3) is 2.10. The second-order valence-electron chi connectivity index (χ2n) is 3.83. The topological polar surface area (TPSA) is 66.6 Å². The molecule has 2 aromatic heterocycles. The molecule has 0 atom stereocenters. The van der Waals surface area contributed by atoms with Gasteiger partial charge in [0.05, 0.1) is 18.2 Å². The van der Waals surface area contributed by atoms with Gasteiger partial charge in [0, 0.05) is 23.5 Å². The van der Waals surface area contributed by atoms with E-state index in [1.54, 1.807) is 12.5 Å². The zero-order valence-electron chi connectivity index (χ0n) is 9.63. The van der Waals surface area contributed by atoms with Crippen molar-refractivity contribution in [3.63, 3.8) is 0 Å². The predicted molar refractivity (Wildman–Crippen MR) is 66.9 cm³/mol. The number of hydrogen-bond donors (Lipinski definition) is 2. The molecule has 5 heteroatoms. The Balaban J connectivity index is 1.84. The molecule has 1 aromatic carbocycles. The number of rotatable bonds is 4. The van der Waals surface area contributed by atoms with Crippen molar-refractivity contribution in [2.45, 2.75) is 6.61 Å². The van der Waals surface area contributed by atoms with Crippen molar-refractivity contribution in [1.29, 1.82) is 0 Å². The van der Waals surface area contributed by atoms with E-state index in [1.807, 2.05) is 36.7 Å². The fourth-order valence-electron chi connectivity index (χ4n) is 1.75. The summed E-state index contributed by atoms with van der Waals surface area (Å²) in [5.74, 6) is 0.821. The fourth-order valence-corrected chi connectivity index (χ4v) is 1.75. The van der Waals surface area contributed by atoms with Crippen LogP contribution in [0.3, 0.4) is 0 Å². The Morgan fingerprint density at radius 2 is 2.11 bits per heavy atom. The predicted octanol–water partition coefficient (Wildman–Crippen LogP) is 2.38. The standard InChI is InChI=1S/C13H12N4O/c1-2-4-13(18-8-11-7-14-9-15-11)12(3-1)10-5-16-17-6-10/h1-7,9H,8H2,(H,14,15)(H,16,17). The molecule has 18 heavy (non-hydrogen) atoms. The molecule has 5 nitrogen and oxygen atoms in total. The van der Waals surface area contributed by atoms with E-state index in [2.05, 4.69) is 20.2 Å². The smallest absolute Gasteiger partial charge is 0.132 e. The van der Waals surface area contributed by atoms with Crippen LogP contribution >= 0.6 is 0 Å². The van der Waals surface area contributed by atoms with Crippen molar-refractivity contribution < 1.29 is 4.74 Å². The maximum Gasteiger partial charge on any atom is 0.132 e. The third-order valence-corrected chi connectivity index (χ3v) is 2.63. The van der Waals surface area contributed by atoms with Crippen LogP contribution in [0.5, 0.6) is 5.75 Å². The van der Waals surface area contributed by atoms with Crippen LogP contribution < -0.4 is 4.74 Å². The second kappa shape index (κ2) is 4.75. The molecule has 0 fully saturated rings. The van der Waals surface area contributed by atoms with Gasteiger partial charge in [-0.2, -0.15) is 5.10 Å². The lowest BCUT2D eigenvalue weighted by Gasteiger charge is -2.08. The first kappa shape index (κ1) is 10.6. The summed E-state index contributed by atoms with van der Waals surface area (Å²) in [6, 6.07) is 7.87. The van der Waals surface area contributed by atoms with Gasteiger partial charge in [-0.05, 0) is 6.07 Å². The molecular weight excluding hydrogens is 228 g/mol. The Labute approximate surface area is 104 Å². The number of H-pyrrole nitrogens is 2. The van der Waals surface area contributed by atoms with Crippen molar-refractivity contribution in [3.05, 3.63) is 54.9 Å². The third-order valence-electron chi connectivity index (χ3n) is 2.63. The first-order valence-corrected chi connectivity index (χ1v) is 5.62. The van der Waals surface area contributed by atoms with E-state index < -0.39 is 0 Å². The number of nitrogens with zero attached hydrogens (tertiary/aromatic N) is 2. The molecule has 0 unspecified atom stereocenters. The van der Waals surface area contributed by atoms with Crippen molar-refractivity contribution >= 4 is 0 Å². The first-order chi connectivity index (χ1) is 8.93.